The first-order chi connectivity index (χ1) is 6.70. The monoisotopic (exact) mass is 200 g/mol. The summed E-state index contributed by atoms with van der Waals surface area (Å²) >= 11 is 0. The summed E-state index contributed by atoms with van der Waals surface area (Å²) in [7, 11) is 0. The highest BCUT2D eigenvalue weighted by Gasteiger charge is 2.29. The van der Waals surface area contributed by atoms with Crippen LogP contribution in [0.25, 0.3) is 0 Å². The van der Waals surface area contributed by atoms with Gasteiger partial charge in [0.2, 0.25) is 5.91 Å². The van der Waals surface area contributed by atoms with E-state index in [1.54, 1.807) is 0 Å². The van der Waals surface area contributed by atoms with E-state index in [-0.39, 0.29) is 18.0 Å². The summed E-state index contributed by atoms with van der Waals surface area (Å²) in [4.78, 5) is 13.3. The molecule has 0 aromatic carbocycles. The summed E-state index contributed by atoms with van der Waals surface area (Å²) < 4.78 is 0. The second-order valence-corrected chi connectivity index (χ2v) is 3.66. The molecule has 0 bridgehead atoms. The molecule has 0 aromatic rings. The van der Waals surface area contributed by atoms with E-state index in [0.717, 1.165) is 26.1 Å². The largest absolute Gasteiger partial charge is 0.368 e. The van der Waals surface area contributed by atoms with Gasteiger partial charge in [-0.2, -0.15) is 0 Å². The predicted octanol–water partition coefficient (Wildman–Crippen LogP) is -1.52. The van der Waals surface area contributed by atoms with Gasteiger partial charge < -0.3 is 16.8 Å². The maximum Gasteiger partial charge on any atom is 0.234 e. The summed E-state index contributed by atoms with van der Waals surface area (Å²) in [5.74, 6) is -0.243. The molecule has 1 aliphatic heterocycles. The van der Waals surface area contributed by atoms with Crippen LogP contribution in [0.3, 0.4) is 0 Å². The van der Waals surface area contributed by atoms with Crippen molar-refractivity contribution in [3.05, 3.63) is 0 Å². The van der Waals surface area contributed by atoms with Gasteiger partial charge in [-0.1, -0.05) is 6.92 Å². The second-order valence-electron chi connectivity index (χ2n) is 3.66. The van der Waals surface area contributed by atoms with Crippen molar-refractivity contribution in [2.75, 3.05) is 26.2 Å². The summed E-state index contributed by atoms with van der Waals surface area (Å²) in [6.45, 7) is 5.14. The van der Waals surface area contributed by atoms with Gasteiger partial charge in [0.25, 0.3) is 0 Å². The molecule has 0 saturated carbocycles. The average molecular weight is 200 g/mol. The SMILES string of the molecule is CCC(C(N)=O)N1CCNCC1CN. The number of carbonyl (C=O) groups excluding carboxylic acids is 1. The Bertz CT molecular complexity index is 197. The molecule has 1 fully saturated rings. The standard InChI is InChI=1S/C9H20N4O/c1-2-8(9(11)14)13-4-3-12-6-7(13)5-10/h7-8,12H,2-6,10H2,1H3,(H2,11,14). The first-order valence-electron chi connectivity index (χ1n) is 5.16. The molecule has 0 aliphatic carbocycles. The fourth-order valence-corrected chi connectivity index (χ4v) is 2.00. The molecule has 5 heteroatoms. The van der Waals surface area contributed by atoms with Crippen molar-refractivity contribution in [3.8, 4) is 0 Å². The third-order valence-corrected chi connectivity index (χ3v) is 2.78. The van der Waals surface area contributed by atoms with Gasteiger partial charge in [0.1, 0.15) is 0 Å². The van der Waals surface area contributed by atoms with Crippen LogP contribution in [0.1, 0.15) is 13.3 Å². The minimum Gasteiger partial charge on any atom is -0.368 e. The number of hydrogen-bond acceptors (Lipinski definition) is 4. The van der Waals surface area contributed by atoms with E-state index in [1.165, 1.54) is 0 Å². The van der Waals surface area contributed by atoms with Crippen molar-refractivity contribution in [2.45, 2.75) is 25.4 Å². The first kappa shape index (κ1) is 11.4. The highest BCUT2D eigenvalue weighted by atomic mass is 16.1. The molecule has 1 aliphatic rings. The lowest BCUT2D eigenvalue weighted by atomic mass is 10.1. The van der Waals surface area contributed by atoms with Crippen LogP contribution >= 0.6 is 0 Å². The molecule has 5 N–H and O–H groups in total. The highest BCUT2D eigenvalue weighted by Crippen LogP contribution is 2.10. The lowest BCUT2D eigenvalue weighted by molar-refractivity contribution is -0.124. The van der Waals surface area contributed by atoms with E-state index < -0.39 is 0 Å². The van der Waals surface area contributed by atoms with Gasteiger partial charge in [-0.25, -0.2) is 0 Å². The third-order valence-electron chi connectivity index (χ3n) is 2.78. The maximum absolute atomic E-state index is 11.2. The number of amides is 1. The first-order valence-corrected chi connectivity index (χ1v) is 5.16. The Morgan fingerprint density at radius 1 is 1.71 bits per heavy atom. The zero-order valence-corrected chi connectivity index (χ0v) is 8.70. The van der Waals surface area contributed by atoms with Crippen LogP contribution in [0.5, 0.6) is 0 Å². The Balaban J connectivity index is 2.65. The Hall–Kier alpha value is -0.650. The van der Waals surface area contributed by atoms with E-state index in [1.807, 2.05) is 6.92 Å². The van der Waals surface area contributed by atoms with Crippen molar-refractivity contribution in [2.24, 2.45) is 11.5 Å². The molecule has 2 unspecified atom stereocenters. The van der Waals surface area contributed by atoms with Crippen LogP contribution in [0.2, 0.25) is 0 Å². The molecule has 5 nitrogen and oxygen atoms in total. The Kier molecular flexibility index (Phi) is 4.31. The van der Waals surface area contributed by atoms with Gasteiger partial charge in [-0.05, 0) is 6.42 Å². The zero-order chi connectivity index (χ0) is 10.6. The van der Waals surface area contributed by atoms with Crippen LogP contribution in [0.4, 0.5) is 0 Å². The summed E-state index contributed by atoms with van der Waals surface area (Å²) in [6.07, 6.45) is 0.756. The fourth-order valence-electron chi connectivity index (χ4n) is 2.00. The lowest BCUT2D eigenvalue weighted by Crippen LogP contribution is -2.60. The average Bonchev–Trinajstić information content (AvgIpc) is 2.19. The molecule has 2 atom stereocenters. The lowest BCUT2D eigenvalue weighted by Gasteiger charge is -2.39. The number of nitrogens with two attached hydrogens (primary N) is 2. The molecule has 82 valence electrons. The van der Waals surface area contributed by atoms with E-state index in [9.17, 15) is 4.79 Å². The highest BCUT2D eigenvalue weighted by molar-refractivity contribution is 5.79. The molecule has 0 aromatic heterocycles. The van der Waals surface area contributed by atoms with Crippen LogP contribution in [-0.2, 0) is 4.79 Å². The van der Waals surface area contributed by atoms with E-state index in [2.05, 4.69) is 10.2 Å². The third kappa shape index (κ3) is 2.43. The molecule has 1 saturated heterocycles. The summed E-state index contributed by atoms with van der Waals surface area (Å²) in [6, 6.07) is 0.0758. The van der Waals surface area contributed by atoms with Gasteiger partial charge in [0, 0.05) is 32.2 Å². The topological polar surface area (TPSA) is 84.4 Å². The van der Waals surface area contributed by atoms with Crippen molar-refractivity contribution in [1.29, 1.82) is 0 Å². The second kappa shape index (κ2) is 5.29. The Morgan fingerprint density at radius 3 is 2.93 bits per heavy atom. The van der Waals surface area contributed by atoms with Crippen molar-refractivity contribution < 1.29 is 4.79 Å². The fraction of sp³-hybridized carbons (Fsp3) is 0.889. The van der Waals surface area contributed by atoms with Crippen molar-refractivity contribution in [3.63, 3.8) is 0 Å². The normalized spacial score (nSPS) is 26.0. The minimum atomic E-state index is -0.243. The molecular formula is C9H20N4O. The smallest absolute Gasteiger partial charge is 0.234 e. The molecule has 0 radical (unpaired) electrons. The quantitative estimate of drug-likeness (QED) is 0.515. The molecule has 1 heterocycles. The molecule has 14 heavy (non-hydrogen) atoms. The Labute approximate surface area is 84.8 Å². The minimum absolute atomic E-state index is 0.161. The van der Waals surface area contributed by atoms with Gasteiger partial charge in [-0.15, -0.1) is 0 Å². The van der Waals surface area contributed by atoms with Gasteiger partial charge in [-0.3, -0.25) is 9.69 Å². The number of hydrogen-bond donors (Lipinski definition) is 3. The van der Waals surface area contributed by atoms with Crippen LogP contribution < -0.4 is 16.8 Å². The maximum atomic E-state index is 11.2. The van der Waals surface area contributed by atoms with E-state index in [0.29, 0.717) is 6.54 Å². The summed E-state index contributed by atoms with van der Waals surface area (Å²) in [5, 5.41) is 3.26. The van der Waals surface area contributed by atoms with Crippen LogP contribution in [-0.4, -0.2) is 49.1 Å². The van der Waals surface area contributed by atoms with Gasteiger partial charge in [0.15, 0.2) is 0 Å². The predicted molar refractivity (Wildman–Crippen MR) is 55.7 cm³/mol. The Morgan fingerprint density at radius 2 is 2.43 bits per heavy atom. The molecular weight excluding hydrogens is 180 g/mol. The molecule has 0 spiro atoms. The number of piperazine rings is 1. The number of nitrogens with one attached hydrogen (secondary N) is 1. The van der Waals surface area contributed by atoms with Gasteiger partial charge >= 0.3 is 0 Å². The number of nitrogens with zero attached hydrogens (tertiary/aromatic N) is 1. The number of rotatable bonds is 4. The van der Waals surface area contributed by atoms with Gasteiger partial charge in [0.05, 0.1) is 6.04 Å². The molecule has 1 rings (SSSR count). The van der Waals surface area contributed by atoms with E-state index in [4.69, 9.17) is 11.5 Å². The van der Waals surface area contributed by atoms with Crippen LogP contribution in [0.15, 0.2) is 0 Å². The summed E-state index contributed by atoms with van der Waals surface area (Å²) in [5.41, 5.74) is 11.0. The number of carbonyl (C=O) groups is 1. The van der Waals surface area contributed by atoms with Crippen molar-refractivity contribution in [1.82, 2.24) is 10.2 Å². The van der Waals surface area contributed by atoms with E-state index >= 15 is 0 Å². The van der Waals surface area contributed by atoms with Crippen LogP contribution in [0, 0.1) is 0 Å². The molecule has 1 amide bonds. The zero-order valence-electron chi connectivity index (χ0n) is 8.70. The number of primary amides is 1. The van der Waals surface area contributed by atoms with Crippen molar-refractivity contribution >= 4 is 5.91 Å².